The summed E-state index contributed by atoms with van der Waals surface area (Å²) in [5, 5.41) is 27.3. The Morgan fingerprint density at radius 1 is 1.17 bits per heavy atom. The van der Waals surface area contributed by atoms with Crippen LogP contribution in [0.1, 0.15) is 37.6 Å². The number of carbonyl (C=O) groups excluding carboxylic acids is 3. The molecule has 0 radical (unpaired) electrons. The molecule has 1 aromatic rings. The van der Waals surface area contributed by atoms with E-state index >= 15 is 0 Å². The molecular weight excluding hydrogens is 390 g/mol. The molecule has 1 aromatic carbocycles. The Morgan fingerprint density at radius 2 is 1.87 bits per heavy atom. The molecule has 5 N–H and O–H groups in total. The number of rotatable bonds is 12. The molecule has 9 nitrogen and oxygen atoms in total. The Hall–Kier alpha value is -2.49. The van der Waals surface area contributed by atoms with Gasteiger partial charge in [0.25, 0.3) is 5.91 Å². The number of benzene rings is 1. The van der Waals surface area contributed by atoms with Crippen molar-refractivity contribution in [2.45, 2.75) is 44.9 Å². The highest BCUT2D eigenvalue weighted by atomic mass is 16.6. The highest BCUT2D eigenvalue weighted by Gasteiger charge is 2.54. The molecule has 1 aliphatic rings. The van der Waals surface area contributed by atoms with Gasteiger partial charge in [0.15, 0.2) is 11.4 Å². The molecule has 30 heavy (non-hydrogen) atoms. The van der Waals surface area contributed by atoms with Crippen LogP contribution in [0.3, 0.4) is 0 Å². The van der Waals surface area contributed by atoms with E-state index in [4.69, 9.17) is 4.74 Å². The fourth-order valence-electron chi connectivity index (χ4n) is 3.10. The van der Waals surface area contributed by atoms with Crippen LogP contribution in [-0.2, 0) is 14.3 Å². The lowest BCUT2D eigenvalue weighted by Gasteiger charge is -2.24. The quantitative estimate of drug-likeness (QED) is 0.301. The van der Waals surface area contributed by atoms with E-state index in [2.05, 4.69) is 16.0 Å². The summed E-state index contributed by atoms with van der Waals surface area (Å²) in [5.74, 6) is -1.52. The number of hydrogen-bond acceptors (Lipinski definition) is 7. The normalized spacial score (nSPS) is 19.7. The third-order valence-electron chi connectivity index (χ3n) is 4.85. The number of nitrogens with one attached hydrogen (secondary N) is 3. The summed E-state index contributed by atoms with van der Waals surface area (Å²) in [7, 11) is 0. The molecule has 166 valence electrons. The molecule has 1 heterocycles. The average Bonchev–Trinajstić information content (AvgIpc) is 3.52. The van der Waals surface area contributed by atoms with Crippen LogP contribution >= 0.6 is 0 Å². The van der Waals surface area contributed by atoms with Gasteiger partial charge < -0.3 is 30.9 Å². The second kappa shape index (κ2) is 10.5. The van der Waals surface area contributed by atoms with Gasteiger partial charge in [-0.05, 0) is 37.5 Å². The summed E-state index contributed by atoms with van der Waals surface area (Å²) in [5.41, 5.74) is -0.172. The Labute approximate surface area is 176 Å². The molecule has 1 fully saturated rings. The second-order valence-corrected chi connectivity index (χ2v) is 7.82. The number of aliphatic hydroxyl groups excluding tert-OH is 2. The van der Waals surface area contributed by atoms with Crippen LogP contribution in [0.2, 0.25) is 0 Å². The minimum atomic E-state index is -1.27. The average molecular weight is 421 g/mol. The van der Waals surface area contributed by atoms with Gasteiger partial charge in [0.1, 0.15) is 6.04 Å². The third kappa shape index (κ3) is 6.01. The van der Waals surface area contributed by atoms with Crippen LogP contribution in [0.5, 0.6) is 0 Å². The third-order valence-corrected chi connectivity index (χ3v) is 4.85. The van der Waals surface area contributed by atoms with Gasteiger partial charge in [-0.1, -0.05) is 19.9 Å². The van der Waals surface area contributed by atoms with Crippen LogP contribution in [0.25, 0.3) is 0 Å². The number of anilines is 1. The molecule has 9 heteroatoms. The number of ketones is 1. The molecule has 0 aromatic heterocycles. The molecule has 0 aliphatic carbocycles. The molecule has 2 rings (SSSR count). The van der Waals surface area contributed by atoms with Crippen molar-refractivity contribution in [1.82, 2.24) is 10.6 Å². The minimum Gasteiger partial charge on any atom is -0.394 e. The van der Waals surface area contributed by atoms with Crippen molar-refractivity contribution in [3.05, 3.63) is 29.8 Å². The first-order chi connectivity index (χ1) is 14.3. The molecule has 0 saturated carbocycles. The number of carbonyl (C=O) groups is 3. The first kappa shape index (κ1) is 23.8. The van der Waals surface area contributed by atoms with Gasteiger partial charge in [-0.3, -0.25) is 14.4 Å². The summed E-state index contributed by atoms with van der Waals surface area (Å²) in [6, 6.07) is 4.65. The maximum absolute atomic E-state index is 12.7. The largest absolute Gasteiger partial charge is 0.394 e. The SMILES string of the molecule is CCNc1cccc(C(=O)N[C@@H](CO)C(=O)NC(CC(C)C)C(=O)C2(CO)CO2)c1. The zero-order chi connectivity index (χ0) is 22.3. The Kier molecular flexibility index (Phi) is 8.33. The van der Waals surface area contributed by atoms with E-state index in [-0.39, 0.29) is 12.5 Å². The van der Waals surface area contributed by atoms with Crippen LogP contribution in [0.4, 0.5) is 5.69 Å². The van der Waals surface area contributed by atoms with E-state index in [1.54, 1.807) is 18.2 Å². The van der Waals surface area contributed by atoms with Gasteiger partial charge in [0, 0.05) is 17.8 Å². The molecular formula is C21H31N3O6. The van der Waals surface area contributed by atoms with Crippen molar-refractivity contribution in [2.24, 2.45) is 5.92 Å². The van der Waals surface area contributed by atoms with Gasteiger partial charge in [-0.15, -0.1) is 0 Å². The van der Waals surface area contributed by atoms with Gasteiger partial charge in [-0.2, -0.15) is 0 Å². The highest BCUT2D eigenvalue weighted by Crippen LogP contribution is 2.30. The van der Waals surface area contributed by atoms with Crippen molar-refractivity contribution in [3.8, 4) is 0 Å². The predicted molar refractivity (Wildman–Crippen MR) is 111 cm³/mol. The summed E-state index contributed by atoms with van der Waals surface area (Å²) in [4.78, 5) is 38.0. The lowest BCUT2D eigenvalue weighted by molar-refractivity contribution is -0.133. The van der Waals surface area contributed by atoms with Crippen LogP contribution in [0, 0.1) is 5.92 Å². The standard InChI is InChI=1S/C21H31N3O6/c1-4-22-15-7-5-6-14(9-15)19(28)24-17(10-25)20(29)23-16(8-13(2)3)18(27)21(11-26)12-30-21/h5-7,9,13,16-17,22,25-26H,4,8,10-12H2,1-3H3,(H,23,29)(H,24,28)/t16?,17-,21?/m0/s1. The van der Waals surface area contributed by atoms with Crippen molar-refractivity contribution in [1.29, 1.82) is 0 Å². The van der Waals surface area contributed by atoms with Gasteiger partial charge in [0.05, 0.1) is 25.9 Å². The van der Waals surface area contributed by atoms with Crippen LogP contribution in [-0.4, -0.2) is 71.9 Å². The number of hydrogen-bond donors (Lipinski definition) is 5. The fourth-order valence-corrected chi connectivity index (χ4v) is 3.10. The molecule has 0 spiro atoms. The molecule has 3 atom stereocenters. The monoisotopic (exact) mass is 421 g/mol. The summed E-state index contributed by atoms with van der Waals surface area (Å²) >= 11 is 0. The number of amides is 2. The summed E-state index contributed by atoms with van der Waals surface area (Å²) < 4.78 is 5.12. The van der Waals surface area contributed by atoms with Gasteiger partial charge >= 0.3 is 0 Å². The molecule has 2 amide bonds. The number of ether oxygens (including phenoxy) is 1. The maximum atomic E-state index is 12.7. The topological polar surface area (TPSA) is 140 Å². The fraction of sp³-hybridized carbons (Fsp3) is 0.571. The molecule has 1 saturated heterocycles. The van der Waals surface area contributed by atoms with E-state index in [1.807, 2.05) is 26.8 Å². The first-order valence-electron chi connectivity index (χ1n) is 10.1. The molecule has 0 bridgehead atoms. The number of Topliss-reactive ketones (excluding diaryl/α,β-unsaturated/α-hetero) is 1. The first-order valence-corrected chi connectivity index (χ1v) is 10.1. The Balaban J connectivity index is 2.07. The highest BCUT2D eigenvalue weighted by molar-refractivity contribution is 6.00. The van der Waals surface area contributed by atoms with Gasteiger partial charge in [-0.25, -0.2) is 0 Å². The van der Waals surface area contributed by atoms with Crippen LogP contribution < -0.4 is 16.0 Å². The van der Waals surface area contributed by atoms with E-state index < -0.39 is 48.5 Å². The molecule has 1 aliphatic heterocycles. The predicted octanol–water partition coefficient (Wildman–Crippen LogP) is 0.0704. The van der Waals surface area contributed by atoms with E-state index in [1.165, 1.54) is 0 Å². The van der Waals surface area contributed by atoms with E-state index in [0.717, 1.165) is 5.69 Å². The van der Waals surface area contributed by atoms with Crippen molar-refractivity contribution in [2.75, 3.05) is 31.7 Å². The Morgan fingerprint density at radius 3 is 2.40 bits per heavy atom. The number of aliphatic hydroxyl groups is 2. The second-order valence-electron chi connectivity index (χ2n) is 7.82. The molecule has 2 unspecified atom stereocenters. The maximum Gasteiger partial charge on any atom is 0.252 e. The van der Waals surface area contributed by atoms with Crippen molar-refractivity contribution < 1.29 is 29.3 Å². The summed E-state index contributed by atoms with van der Waals surface area (Å²) in [6.07, 6.45) is 0.340. The van der Waals surface area contributed by atoms with E-state index in [9.17, 15) is 24.6 Å². The lowest BCUT2D eigenvalue weighted by atomic mass is 9.92. The smallest absolute Gasteiger partial charge is 0.252 e. The lowest BCUT2D eigenvalue weighted by Crippen LogP contribution is -2.55. The minimum absolute atomic E-state index is 0.0877. The zero-order valence-electron chi connectivity index (χ0n) is 17.6. The van der Waals surface area contributed by atoms with E-state index in [0.29, 0.717) is 18.5 Å². The van der Waals surface area contributed by atoms with Crippen molar-refractivity contribution >= 4 is 23.3 Å². The number of epoxide rings is 1. The van der Waals surface area contributed by atoms with Gasteiger partial charge in [0.2, 0.25) is 5.91 Å². The van der Waals surface area contributed by atoms with Crippen LogP contribution in [0.15, 0.2) is 24.3 Å². The zero-order valence-corrected chi connectivity index (χ0v) is 17.6. The summed E-state index contributed by atoms with van der Waals surface area (Å²) in [6.45, 7) is 5.43. The van der Waals surface area contributed by atoms with Crippen molar-refractivity contribution in [3.63, 3.8) is 0 Å². The Bertz CT molecular complexity index is 763.